The number of hydrogen-bond donors (Lipinski definition) is 3. The van der Waals surface area contributed by atoms with Crippen LogP contribution in [0.4, 0.5) is 5.69 Å². The Labute approximate surface area is 153 Å². The molecule has 0 heterocycles. The van der Waals surface area contributed by atoms with E-state index in [0.717, 1.165) is 19.3 Å². The SMILES string of the molecule is COC(=O)c1ccc(NC(=O)CCCCCNC(C)=O)cc1C#CCN. The molecule has 0 atom stereocenters. The minimum absolute atomic E-state index is 0.0494. The first-order chi connectivity index (χ1) is 12.5. The van der Waals surface area contributed by atoms with E-state index in [1.165, 1.54) is 14.0 Å². The second-order valence-corrected chi connectivity index (χ2v) is 5.60. The second-order valence-electron chi connectivity index (χ2n) is 5.60. The van der Waals surface area contributed by atoms with Gasteiger partial charge in [0.25, 0.3) is 0 Å². The molecule has 0 aliphatic rings. The van der Waals surface area contributed by atoms with E-state index >= 15 is 0 Å². The fraction of sp³-hybridized carbons (Fsp3) is 0.421. The molecule has 0 bridgehead atoms. The van der Waals surface area contributed by atoms with Gasteiger partial charge >= 0.3 is 5.97 Å². The highest BCUT2D eigenvalue weighted by Crippen LogP contribution is 2.17. The zero-order chi connectivity index (χ0) is 19.4. The summed E-state index contributed by atoms with van der Waals surface area (Å²) in [6.45, 7) is 2.26. The number of carbonyl (C=O) groups is 3. The quantitative estimate of drug-likeness (QED) is 0.369. The van der Waals surface area contributed by atoms with Gasteiger partial charge in [-0.1, -0.05) is 18.3 Å². The first kappa shape index (κ1) is 21.2. The molecular weight excluding hydrogens is 334 g/mol. The first-order valence-electron chi connectivity index (χ1n) is 8.43. The zero-order valence-corrected chi connectivity index (χ0v) is 15.2. The Balaban J connectivity index is 2.59. The number of amides is 2. The summed E-state index contributed by atoms with van der Waals surface area (Å²) >= 11 is 0. The van der Waals surface area contributed by atoms with Crippen molar-refractivity contribution in [1.29, 1.82) is 0 Å². The van der Waals surface area contributed by atoms with Gasteiger partial charge in [0.15, 0.2) is 0 Å². The molecule has 0 aromatic heterocycles. The molecule has 0 aliphatic heterocycles. The summed E-state index contributed by atoms with van der Waals surface area (Å²) in [4.78, 5) is 34.5. The van der Waals surface area contributed by atoms with Gasteiger partial charge in [0, 0.05) is 31.1 Å². The van der Waals surface area contributed by atoms with Crippen molar-refractivity contribution in [2.45, 2.75) is 32.6 Å². The van der Waals surface area contributed by atoms with Gasteiger partial charge in [0.2, 0.25) is 11.8 Å². The third-order valence-electron chi connectivity index (χ3n) is 3.49. The number of rotatable bonds is 8. The number of methoxy groups -OCH3 is 1. The van der Waals surface area contributed by atoms with Crippen molar-refractivity contribution in [2.75, 3.05) is 25.5 Å². The monoisotopic (exact) mass is 359 g/mol. The molecule has 0 radical (unpaired) electrons. The molecule has 1 aromatic carbocycles. The lowest BCUT2D eigenvalue weighted by Gasteiger charge is -2.08. The van der Waals surface area contributed by atoms with E-state index in [-0.39, 0.29) is 18.4 Å². The van der Waals surface area contributed by atoms with E-state index in [1.807, 2.05) is 0 Å². The summed E-state index contributed by atoms with van der Waals surface area (Å²) in [5, 5.41) is 5.51. The van der Waals surface area contributed by atoms with Crippen LogP contribution >= 0.6 is 0 Å². The van der Waals surface area contributed by atoms with Crippen molar-refractivity contribution >= 4 is 23.5 Å². The van der Waals surface area contributed by atoms with E-state index < -0.39 is 5.97 Å². The Morgan fingerprint density at radius 1 is 1.19 bits per heavy atom. The first-order valence-corrected chi connectivity index (χ1v) is 8.43. The van der Waals surface area contributed by atoms with Crippen LogP contribution in [-0.2, 0) is 14.3 Å². The van der Waals surface area contributed by atoms with Gasteiger partial charge in [-0.3, -0.25) is 9.59 Å². The number of anilines is 1. The molecule has 4 N–H and O–H groups in total. The van der Waals surface area contributed by atoms with Gasteiger partial charge in [0.05, 0.1) is 19.2 Å². The zero-order valence-electron chi connectivity index (χ0n) is 15.2. The number of hydrogen-bond acceptors (Lipinski definition) is 5. The third kappa shape index (κ3) is 7.81. The Hall–Kier alpha value is -2.85. The van der Waals surface area contributed by atoms with Crippen molar-refractivity contribution in [3.8, 4) is 11.8 Å². The highest BCUT2D eigenvalue weighted by Gasteiger charge is 2.12. The predicted octanol–water partition coefficient (Wildman–Crippen LogP) is 1.42. The summed E-state index contributed by atoms with van der Waals surface area (Å²) < 4.78 is 4.73. The minimum atomic E-state index is -0.497. The van der Waals surface area contributed by atoms with Gasteiger partial charge in [-0.25, -0.2) is 4.79 Å². The predicted molar refractivity (Wildman–Crippen MR) is 99.5 cm³/mol. The lowest BCUT2D eigenvalue weighted by molar-refractivity contribution is -0.119. The van der Waals surface area contributed by atoms with Crippen LogP contribution in [0.1, 0.15) is 48.5 Å². The summed E-state index contributed by atoms with van der Waals surface area (Å²) in [6, 6.07) is 4.83. The largest absolute Gasteiger partial charge is 0.465 e. The number of nitrogens with one attached hydrogen (secondary N) is 2. The molecule has 26 heavy (non-hydrogen) atoms. The summed E-state index contributed by atoms with van der Waals surface area (Å²) in [6.07, 6.45) is 2.79. The maximum atomic E-state index is 12.0. The van der Waals surface area contributed by atoms with Crippen molar-refractivity contribution in [1.82, 2.24) is 5.32 Å². The Morgan fingerprint density at radius 3 is 2.62 bits per heavy atom. The summed E-state index contributed by atoms with van der Waals surface area (Å²) in [5.41, 5.74) is 6.71. The second kappa shape index (κ2) is 11.7. The van der Waals surface area contributed by atoms with Crippen molar-refractivity contribution in [3.05, 3.63) is 29.3 Å². The average Bonchev–Trinajstić information content (AvgIpc) is 2.62. The minimum Gasteiger partial charge on any atom is -0.465 e. The third-order valence-corrected chi connectivity index (χ3v) is 3.49. The topological polar surface area (TPSA) is 111 Å². The van der Waals surface area contributed by atoms with E-state index in [2.05, 4.69) is 22.5 Å². The van der Waals surface area contributed by atoms with Gasteiger partial charge in [-0.05, 0) is 31.0 Å². The van der Waals surface area contributed by atoms with Crippen LogP contribution in [0.25, 0.3) is 0 Å². The van der Waals surface area contributed by atoms with Crippen LogP contribution < -0.4 is 16.4 Å². The van der Waals surface area contributed by atoms with E-state index in [4.69, 9.17) is 10.5 Å². The average molecular weight is 359 g/mol. The number of ether oxygens (including phenoxy) is 1. The van der Waals surface area contributed by atoms with Crippen LogP contribution in [0.2, 0.25) is 0 Å². The number of carbonyl (C=O) groups excluding carboxylic acids is 3. The summed E-state index contributed by atoms with van der Waals surface area (Å²) in [5.74, 6) is 4.85. The molecule has 7 nitrogen and oxygen atoms in total. The smallest absolute Gasteiger partial charge is 0.339 e. The van der Waals surface area contributed by atoms with Gasteiger partial charge in [0.1, 0.15) is 0 Å². The van der Waals surface area contributed by atoms with E-state index in [1.54, 1.807) is 18.2 Å². The molecule has 1 aromatic rings. The van der Waals surface area contributed by atoms with E-state index in [0.29, 0.717) is 29.8 Å². The van der Waals surface area contributed by atoms with Crippen molar-refractivity contribution in [3.63, 3.8) is 0 Å². The molecular formula is C19H25N3O4. The van der Waals surface area contributed by atoms with Crippen LogP contribution in [0, 0.1) is 11.8 Å². The van der Waals surface area contributed by atoms with Gasteiger partial charge < -0.3 is 21.1 Å². The van der Waals surface area contributed by atoms with Crippen molar-refractivity contribution in [2.24, 2.45) is 5.73 Å². The molecule has 140 valence electrons. The number of nitrogens with two attached hydrogens (primary N) is 1. The fourth-order valence-corrected chi connectivity index (χ4v) is 2.23. The number of esters is 1. The van der Waals surface area contributed by atoms with Crippen LogP contribution in [-0.4, -0.2) is 38.0 Å². The molecule has 1 rings (SSSR count). The molecule has 0 spiro atoms. The van der Waals surface area contributed by atoms with Crippen LogP contribution in [0.15, 0.2) is 18.2 Å². The lowest BCUT2D eigenvalue weighted by atomic mass is 10.1. The van der Waals surface area contributed by atoms with Crippen LogP contribution in [0.3, 0.4) is 0 Å². The van der Waals surface area contributed by atoms with Gasteiger partial charge in [-0.2, -0.15) is 0 Å². The normalized spacial score (nSPS) is 9.65. The lowest BCUT2D eigenvalue weighted by Crippen LogP contribution is -2.20. The maximum absolute atomic E-state index is 12.0. The van der Waals surface area contributed by atoms with Gasteiger partial charge in [-0.15, -0.1) is 0 Å². The summed E-state index contributed by atoms with van der Waals surface area (Å²) in [7, 11) is 1.30. The fourth-order valence-electron chi connectivity index (χ4n) is 2.23. The number of benzene rings is 1. The van der Waals surface area contributed by atoms with Crippen LogP contribution in [0.5, 0.6) is 0 Å². The van der Waals surface area contributed by atoms with E-state index in [9.17, 15) is 14.4 Å². The molecule has 0 unspecified atom stereocenters. The Bertz CT molecular complexity index is 704. The number of unbranched alkanes of at least 4 members (excludes halogenated alkanes) is 2. The molecule has 2 amide bonds. The standard InChI is InChI=1S/C19H25N3O4/c1-14(23)21-12-5-3-4-8-18(24)22-16-9-10-17(19(25)26-2)15(13-16)7-6-11-20/h9-10,13H,3-5,8,11-12,20H2,1-2H3,(H,21,23)(H,22,24). The molecule has 0 saturated carbocycles. The molecule has 0 aliphatic carbocycles. The van der Waals surface area contributed by atoms with Crippen molar-refractivity contribution < 1.29 is 19.1 Å². The highest BCUT2D eigenvalue weighted by atomic mass is 16.5. The Kier molecular flexibility index (Phi) is 9.50. The molecule has 0 fully saturated rings. The molecule has 7 heteroatoms. The Morgan fingerprint density at radius 2 is 1.96 bits per heavy atom. The highest BCUT2D eigenvalue weighted by molar-refractivity contribution is 5.95. The molecule has 0 saturated heterocycles. The maximum Gasteiger partial charge on any atom is 0.339 e.